The minimum atomic E-state index is -0.270. The number of furan rings is 1. The summed E-state index contributed by atoms with van der Waals surface area (Å²) in [7, 11) is 0. The van der Waals surface area contributed by atoms with Crippen molar-refractivity contribution >= 4 is 23.2 Å². The molecule has 0 unspecified atom stereocenters. The summed E-state index contributed by atoms with van der Waals surface area (Å²) in [5, 5.41) is 12.4. The van der Waals surface area contributed by atoms with Gasteiger partial charge in [0.05, 0.1) is 10.6 Å². The Morgan fingerprint density at radius 3 is 2.47 bits per heavy atom. The molecule has 0 aliphatic carbocycles. The fourth-order valence-electron chi connectivity index (χ4n) is 1.91. The lowest BCUT2D eigenvalue weighted by atomic mass is 10.1. The minimum Gasteiger partial charge on any atom is -0.506 e. The molecule has 0 fully saturated rings. The van der Waals surface area contributed by atoms with E-state index < -0.39 is 0 Å². The zero-order valence-electron chi connectivity index (χ0n) is 10.9. The minimum absolute atomic E-state index is 0.0729. The molecule has 1 heterocycles. The largest absolute Gasteiger partial charge is 0.506 e. The Labute approximate surface area is 116 Å². The van der Waals surface area contributed by atoms with Crippen molar-refractivity contribution in [2.24, 2.45) is 0 Å². The van der Waals surface area contributed by atoms with Crippen LogP contribution in [-0.4, -0.2) is 11.0 Å². The molecule has 1 aromatic heterocycles. The first-order valence-electron chi connectivity index (χ1n) is 5.76. The van der Waals surface area contributed by atoms with Crippen LogP contribution in [0, 0.1) is 20.8 Å². The average Bonchev–Trinajstić information content (AvgIpc) is 2.58. The zero-order chi connectivity index (χ0) is 14.2. The summed E-state index contributed by atoms with van der Waals surface area (Å²) >= 11 is 5.71. The van der Waals surface area contributed by atoms with Crippen LogP contribution in [0.1, 0.15) is 27.4 Å². The van der Waals surface area contributed by atoms with E-state index in [2.05, 4.69) is 5.32 Å². The number of phenolic OH excluding ortho intramolecular Hbond substituents is 1. The van der Waals surface area contributed by atoms with Crippen LogP contribution in [0.4, 0.5) is 5.69 Å². The van der Waals surface area contributed by atoms with E-state index in [9.17, 15) is 9.90 Å². The Bertz CT molecular complexity index is 646. The molecule has 0 spiro atoms. The van der Waals surface area contributed by atoms with Gasteiger partial charge in [-0.05, 0) is 32.9 Å². The molecule has 2 aromatic rings. The second kappa shape index (κ2) is 4.97. The second-order valence-corrected chi connectivity index (χ2v) is 4.74. The molecular formula is C14H14ClNO3. The highest BCUT2D eigenvalue weighted by molar-refractivity contribution is 6.32. The molecule has 0 aliphatic rings. The van der Waals surface area contributed by atoms with Gasteiger partial charge in [-0.25, -0.2) is 0 Å². The maximum atomic E-state index is 12.2. The van der Waals surface area contributed by atoms with Gasteiger partial charge in [0.1, 0.15) is 17.3 Å². The van der Waals surface area contributed by atoms with E-state index in [0.29, 0.717) is 17.0 Å². The smallest absolute Gasteiger partial charge is 0.259 e. The van der Waals surface area contributed by atoms with Gasteiger partial charge in [0.2, 0.25) is 0 Å². The molecule has 0 bridgehead atoms. The number of benzene rings is 1. The number of hydrogen-bond donors (Lipinski definition) is 2. The van der Waals surface area contributed by atoms with Crippen LogP contribution in [0.2, 0.25) is 5.02 Å². The topological polar surface area (TPSA) is 62.5 Å². The summed E-state index contributed by atoms with van der Waals surface area (Å²) in [4.78, 5) is 12.2. The molecule has 0 saturated carbocycles. The Morgan fingerprint density at radius 1 is 1.26 bits per heavy atom. The van der Waals surface area contributed by atoms with Gasteiger partial charge in [0.25, 0.3) is 5.91 Å². The van der Waals surface area contributed by atoms with Crippen LogP contribution in [0.5, 0.6) is 5.75 Å². The summed E-state index contributed by atoms with van der Waals surface area (Å²) in [5.74, 6) is 0.956. The van der Waals surface area contributed by atoms with Crippen molar-refractivity contribution < 1.29 is 14.3 Å². The van der Waals surface area contributed by atoms with Gasteiger partial charge < -0.3 is 14.8 Å². The van der Waals surface area contributed by atoms with E-state index >= 15 is 0 Å². The third-order valence-corrected chi connectivity index (χ3v) is 3.31. The fraction of sp³-hybridized carbons (Fsp3) is 0.214. The number of rotatable bonds is 2. The molecule has 2 N–H and O–H groups in total. The van der Waals surface area contributed by atoms with E-state index in [1.54, 1.807) is 13.0 Å². The van der Waals surface area contributed by atoms with Gasteiger partial charge in [0, 0.05) is 17.3 Å². The summed E-state index contributed by atoms with van der Waals surface area (Å²) < 4.78 is 5.42. The molecule has 0 aliphatic heterocycles. The van der Waals surface area contributed by atoms with Gasteiger partial charge in [-0.2, -0.15) is 0 Å². The Hall–Kier alpha value is -1.94. The number of carbonyl (C=O) groups excluding carboxylic acids is 1. The quantitative estimate of drug-likeness (QED) is 0.878. The van der Waals surface area contributed by atoms with Gasteiger partial charge in [-0.1, -0.05) is 11.6 Å². The predicted molar refractivity (Wildman–Crippen MR) is 74.0 cm³/mol. The molecule has 0 atom stereocenters. The number of carbonyl (C=O) groups is 1. The summed E-state index contributed by atoms with van der Waals surface area (Å²) in [6.45, 7) is 5.39. The summed E-state index contributed by atoms with van der Waals surface area (Å²) in [5.41, 5.74) is 1.81. The lowest BCUT2D eigenvalue weighted by molar-refractivity contribution is 0.102. The number of phenols is 1. The number of hydrogen-bond acceptors (Lipinski definition) is 3. The number of halogens is 1. The first kappa shape index (κ1) is 13.5. The van der Waals surface area contributed by atoms with E-state index in [1.165, 1.54) is 12.1 Å². The first-order chi connectivity index (χ1) is 8.90. The molecule has 5 heteroatoms. The van der Waals surface area contributed by atoms with E-state index in [0.717, 1.165) is 11.3 Å². The van der Waals surface area contributed by atoms with Gasteiger partial charge in [-0.15, -0.1) is 0 Å². The maximum absolute atomic E-state index is 12.2. The number of amides is 1. The third kappa shape index (κ3) is 2.58. The van der Waals surface area contributed by atoms with Crippen molar-refractivity contribution in [2.45, 2.75) is 20.8 Å². The van der Waals surface area contributed by atoms with Crippen LogP contribution >= 0.6 is 11.6 Å². The standard InChI is InChI=1S/C14H14ClNO3/c1-7-8(2)19-9(3)13(7)14(18)16-10-4-5-11(15)12(17)6-10/h4-6,17H,1-3H3,(H,16,18). The van der Waals surface area contributed by atoms with E-state index in [1.807, 2.05) is 13.8 Å². The molecule has 0 saturated heterocycles. The SMILES string of the molecule is Cc1oc(C)c(C(=O)Nc2ccc(Cl)c(O)c2)c1C. The monoisotopic (exact) mass is 279 g/mol. The Morgan fingerprint density at radius 2 is 1.95 bits per heavy atom. The predicted octanol–water partition coefficient (Wildman–Crippen LogP) is 3.82. The Kier molecular flexibility index (Phi) is 3.53. The first-order valence-corrected chi connectivity index (χ1v) is 6.14. The Balaban J connectivity index is 2.28. The lowest BCUT2D eigenvalue weighted by Gasteiger charge is -2.06. The summed E-state index contributed by atoms with van der Waals surface area (Å²) in [6.07, 6.45) is 0. The van der Waals surface area contributed by atoms with E-state index in [-0.39, 0.29) is 16.7 Å². The molecule has 2 rings (SSSR count). The van der Waals surface area contributed by atoms with Crippen molar-refractivity contribution in [3.05, 3.63) is 45.9 Å². The van der Waals surface area contributed by atoms with Crippen molar-refractivity contribution in [3.63, 3.8) is 0 Å². The van der Waals surface area contributed by atoms with Gasteiger partial charge in [-0.3, -0.25) is 4.79 Å². The van der Waals surface area contributed by atoms with Crippen LogP contribution in [0.15, 0.2) is 22.6 Å². The van der Waals surface area contributed by atoms with Crippen molar-refractivity contribution in [3.8, 4) is 5.75 Å². The van der Waals surface area contributed by atoms with Gasteiger partial charge in [0.15, 0.2) is 0 Å². The maximum Gasteiger partial charge on any atom is 0.259 e. The average molecular weight is 280 g/mol. The molecule has 1 amide bonds. The third-order valence-electron chi connectivity index (χ3n) is 2.99. The highest BCUT2D eigenvalue weighted by Gasteiger charge is 2.18. The molecular weight excluding hydrogens is 266 g/mol. The number of anilines is 1. The molecule has 100 valence electrons. The van der Waals surface area contributed by atoms with Crippen LogP contribution in [0.25, 0.3) is 0 Å². The van der Waals surface area contributed by atoms with E-state index in [4.69, 9.17) is 16.0 Å². The zero-order valence-corrected chi connectivity index (χ0v) is 11.6. The fourth-order valence-corrected chi connectivity index (χ4v) is 2.03. The van der Waals surface area contributed by atoms with Crippen molar-refractivity contribution in [1.82, 2.24) is 0 Å². The van der Waals surface area contributed by atoms with Crippen LogP contribution in [0.3, 0.4) is 0 Å². The number of aryl methyl sites for hydroxylation is 2. The second-order valence-electron chi connectivity index (χ2n) is 4.33. The summed E-state index contributed by atoms with van der Waals surface area (Å²) in [6, 6.07) is 4.54. The van der Waals surface area contributed by atoms with Crippen LogP contribution in [-0.2, 0) is 0 Å². The van der Waals surface area contributed by atoms with Crippen molar-refractivity contribution in [1.29, 1.82) is 0 Å². The van der Waals surface area contributed by atoms with Crippen LogP contribution < -0.4 is 5.32 Å². The highest BCUT2D eigenvalue weighted by atomic mass is 35.5. The number of nitrogens with one attached hydrogen (secondary N) is 1. The highest BCUT2D eigenvalue weighted by Crippen LogP contribution is 2.27. The normalized spacial score (nSPS) is 10.5. The number of aromatic hydroxyl groups is 1. The molecule has 19 heavy (non-hydrogen) atoms. The molecule has 4 nitrogen and oxygen atoms in total. The molecule has 1 aromatic carbocycles. The molecule has 0 radical (unpaired) electrons. The van der Waals surface area contributed by atoms with Crippen molar-refractivity contribution in [2.75, 3.05) is 5.32 Å². The lowest BCUT2D eigenvalue weighted by Crippen LogP contribution is -2.13. The van der Waals surface area contributed by atoms with Gasteiger partial charge >= 0.3 is 0 Å².